The molecule has 0 amide bonds. The second-order valence-corrected chi connectivity index (χ2v) is 9.33. The first-order valence-electron chi connectivity index (χ1n) is 9.48. The van der Waals surface area contributed by atoms with Gasteiger partial charge in [-0.3, -0.25) is 0 Å². The Hall–Kier alpha value is -1.94. The molecule has 28 heavy (non-hydrogen) atoms. The lowest BCUT2D eigenvalue weighted by Crippen LogP contribution is -2.41. The number of hydrogen-bond acceptors (Lipinski definition) is 6. The minimum Gasteiger partial charge on any atom is -0.380 e. The normalized spacial score (nSPS) is 24.5. The van der Waals surface area contributed by atoms with Crippen molar-refractivity contribution in [2.24, 2.45) is 13.0 Å². The van der Waals surface area contributed by atoms with Crippen LogP contribution < -0.4 is 5.32 Å². The number of rotatable bonds is 5. The first kappa shape index (κ1) is 19.4. The molecule has 2 aliphatic rings. The van der Waals surface area contributed by atoms with Gasteiger partial charge in [0, 0.05) is 44.0 Å². The van der Waals surface area contributed by atoms with E-state index in [0.717, 1.165) is 17.7 Å². The fourth-order valence-electron chi connectivity index (χ4n) is 3.77. The zero-order valence-corrected chi connectivity index (χ0v) is 16.9. The summed E-state index contributed by atoms with van der Waals surface area (Å²) in [6.07, 6.45) is 3.46. The van der Waals surface area contributed by atoms with Crippen LogP contribution in [-0.2, 0) is 26.5 Å². The van der Waals surface area contributed by atoms with E-state index in [0.29, 0.717) is 26.3 Å². The molecular formula is C19H26N4O4S. The Morgan fingerprint density at radius 3 is 2.68 bits per heavy atom. The first-order chi connectivity index (χ1) is 13.4. The number of hydrogen-bond donors (Lipinski definition) is 1. The van der Waals surface area contributed by atoms with Crippen molar-refractivity contribution in [1.82, 2.24) is 13.9 Å². The van der Waals surface area contributed by atoms with E-state index in [9.17, 15) is 8.42 Å². The molecular weight excluding hydrogens is 380 g/mol. The smallest absolute Gasteiger partial charge is 0.262 e. The maximum absolute atomic E-state index is 13.1. The van der Waals surface area contributed by atoms with Gasteiger partial charge in [0.25, 0.3) is 10.0 Å². The van der Waals surface area contributed by atoms with Crippen molar-refractivity contribution >= 4 is 15.7 Å². The number of anilines is 1. The number of nitrogens with zero attached hydrogens (tertiary/aromatic N) is 3. The van der Waals surface area contributed by atoms with Crippen molar-refractivity contribution < 1.29 is 17.9 Å². The highest BCUT2D eigenvalue weighted by Crippen LogP contribution is 2.31. The van der Waals surface area contributed by atoms with Gasteiger partial charge in [0.05, 0.1) is 19.5 Å². The molecule has 0 bridgehead atoms. The molecule has 0 saturated carbocycles. The Labute approximate surface area is 165 Å². The summed E-state index contributed by atoms with van der Waals surface area (Å²) < 4.78 is 40.9. The van der Waals surface area contributed by atoms with Crippen LogP contribution in [0, 0.1) is 12.8 Å². The second-order valence-electron chi connectivity index (χ2n) is 7.45. The van der Waals surface area contributed by atoms with E-state index in [1.807, 2.05) is 25.1 Å². The molecule has 9 heteroatoms. The Morgan fingerprint density at radius 2 is 2.00 bits per heavy atom. The number of sulfonamides is 1. The van der Waals surface area contributed by atoms with E-state index in [-0.39, 0.29) is 17.0 Å². The number of benzene rings is 1. The van der Waals surface area contributed by atoms with Gasteiger partial charge in [-0.2, -0.15) is 4.31 Å². The number of aryl methyl sites for hydroxylation is 2. The third kappa shape index (κ3) is 3.93. The second kappa shape index (κ2) is 7.82. The van der Waals surface area contributed by atoms with Gasteiger partial charge in [0.2, 0.25) is 0 Å². The number of imidazole rings is 1. The molecule has 0 aliphatic carbocycles. The van der Waals surface area contributed by atoms with Crippen LogP contribution >= 0.6 is 0 Å². The van der Waals surface area contributed by atoms with Crippen LogP contribution in [0.3, 0.4) is 0 Å². The average Bonchev–Trinajstić information content (AvgIpc) is 3.30. The lowest BCUT2D eigenvalue weighted by Gasteiger charge is -2.31. The van der Waals surface area contributed by atoms with Crippen molar-refractivity contribution in [3.05, 3.63) is 42.4 Å². The van der Waals surface area contributed by atoms with Gasteiger partial charge in [-0.1, -0.05) is 12.1 Å². The van der Waals surface area contributed by atoms with Crippen LogP contribution in [0.15, 0.2) is 41.8 Å². The van der Waals surface area contributed by atoms with Gasteiger partial charge in [0.1, 0.15) is 0 Å². The minimum absolute atomic E-state index is 0.0652. The van der Waals surface area contributed by atoms with Gasteiger partial charge in [-0.25, -0.2) is 13.4 Å². The molecule has 1 N–H and O–H groups in total. The topological polar surface area (TPSA) is 85.7 Å². The van der Waals surface area contributed by atoms with Crippen LogP contribution in [0.1, 0.15) is 12.0 Å². The van der Waals surface area contributed by atoms with Gasteiger partial charge < -0.3 is 19.4 Å². The number of aromatic nitrogens is 2. The van der Waals surface area contributed by atoms with Crippen LogP contribution in [0.25, 0.3) is 0 Å². The van der Waals surface area contributed by atoms with Crippen LogP contribution in [0.5, 0.6) is 0 Å². The summed E-state index contributed by atoms with van der Waals surface area (Å²) in [6.45, 7) is 3.95. The van der Waals surface area contributed by atoms with E-state index in [1.165, 1.54) is 16.8 Å². The summed E-state index contributed by atoms with van der Waals surface area (Å²) in [5.74, 6) is -0.112. The van der Waals surface area contributed by atoms with Gasteiger partial charge in [-0.05, 0) is 31.0 Å². The monoisotopic (exact) mass is 406 g/mol. The zero-order chi connectivity index (χ0) is 19.7. The average molecular weight is 407 g/mol. The van der Waals surface area contributed by atoms with Crippen LogP contribution in [0.2, 0.25) is 0 Å². The molecule has 2 aliphatic heterocycles. The molecule has 2 saturated heterocycles. The van der Waals surface area contributed by atoms with Gasteiger partial charge >= 0.3 is 0 Å². The molecule has 2 fully saturated rings. The maximum atomic E-state index is 13.1. The van der Waals surface area contributed by atoms with Gasteiger partial charge in [-0.15, -0.1) is 0 Å². The Kier molecular flexibility index (Phi) is 5.42. The standard InChI is InChI=1S/C19H26N4O4S/c1-14-5-3-6-15(9-14)21-17-11-23(10-16(17)19-26-7-4-8-27-19)28(24,25)18-12-22(2)13-20-18/h3,5-6,9,12-13,16-17,19,21H,4,7-8,10-11H2,1-2H3/t16-,17-/m0/s1. The van der Waals surface area contributed by atoms with E-state index in [1.54, 1.807) is 11.6 Å². The number of ether oxygens (including phenoxy) is 2. The minimum atomic E-state index is -3.67. The molecule has 0 unspecified atom stereocenters. The van der Waals surface area contributed by atoms with Crippen molar-refractivity contribution in [1.29, 1.82) is 0 Å². The summed E-state index contributed by atoms with van der Waals surface area (Å²) in [5.41, 5.74) is 2.10. The van der Waals surface area contributed by atoms with Crippen LogP contribution in [0.4, 0.5) is 5.69 Å². The van der Waals surface area contributed by atoms with E-state index in [4.69, 9.17) is 9.47 Å². The lowest BCUT2D eigenvalue weighted by atomic mass is 10.0. The molecule has 2 atom stereocenters. The van der Waals surface area contributed by atoms with Crippen molar-refractivity contribution in [3.8, 4) is 0 Å². The highest BCUT2D eigenvalue weighted by Gasteiger charge is 2.45. The molecule has 0 spiro atoms. The van der Waals surface area contributed by atoms with E-state index >= 15 is 0 Å². The van der Waals surface area contributed by atoms with Crippen molar-refractivity contribution in [3.63, 3.8) is 0 Å². The lowest BCUT2D eigenvalue weighted by molar-refractivity contribution is -0.203. The highest BCUT2D eigenvalue weighted by atomic mass is 32.2. The highest BCUT2D eigenvalue weighted by molar-refractivity contribution is 7.89. The Balaban J connectivity index is 1.59. The largest absolute Gasteiger partial charge is 0.380 e. The third-order valence-electron chi connectivity index (χ3n) is 5.19. The molecule has 152 valence electrons. The summed E-state index contributed by atoms with van der Waals surface area (Å²) in [4.78, 5) is 4.04. The summed E-state index contributed by atoms with van der Waals surface area (Å²) in [7, 11) is -1.92. The first-order valence-corrected chi connectivity index (χ1v) is 10.9. The Bertz CT molecular complexity index is 924. The molecule has 4 rings (SSSR count). The Morgan fingerprint density at radius 1 is 1.21 bits per heavy atom. The third-order valence-corrected chi connectivity index (χ3v) is 6.91. The quantitative estimate of drug-likeness (QED) is 0.812. The molecule has 8 nitrogen and oxygen atoms in total. The molecule has 1 aromatic carbocycles. The summed E-state index contributed by atoms with van der Waals surface area (Å²) in [6, 6.07) is 7.93. The molecule has 1 aromatic heterocycles. The van der Waals surface area contributed by atoms with Crippen molar-refractivity contribution in [2.75, 3.05) is 31.6 Å². The predicted molar refractivity (Wildman–Crippen MR) is 104 cm³/mol. The fourth-order valence-corrected chi connectivity index (χ4v) is 5.24. The molecule has 3 heterocycles. The van der Waals surface area contributed by atoms with E-state index in [2.05, 4.69) is 16.4 Å². The summed E-state index contributed by atoms with van der Waals surface area (Å²) in [5, 5.41) is 3.56. The maximum Gasteiger partial charge on any atom is 0.262 e. The number of nitrogens with one attached hydrogen (secondary N) is 1. The zero-order valence-electron chi connectivity index (χ0n) is 16.1. The molecule has 2 aromatic rings. The summed E-state index contributed by atoms with van der Waals surface area (Å²) >= 11 is 0. The van der Waals surface area contributed by atoms with Crippen LogP contribution in [-0.4, -0.2) is 60.9 Å². The molecule has 0 radical (unpaired) electrons. The van der Waals surface area contributed by atoms with Crippen molar-refractivity contribution in [2.45, 2.75) is 30.7 Å². The van der Waals surface area contributed by atoms with E-state index < -0.39 is 16.3 Å². The van der Waals surface area contributed by atoms with Gasteiger partial charge in [0.15, 0.2) is 11.3 Å². The SMILES string of the molecule is Cc1cccc(N[C@H]2CN(S(=O)(=O)c3cn(C)cn3)C[C@@H]2C2OCCCO2)c1. The predicted octanol–water partition coefficient (Wildman–Crippen LogP) is 1.59. The fraction of sp³-hybridized carbons (Fsp3) is 0.526.